The Morgan fingerprint density at radius 3 is 2.53 bits per heavy atom. The maximum Gasteiger partial charge on any atom is 0.277 e. The minimum atomic E-state index is -0.282. The third-order valence-corrected chi connectivity index (χ3v) is 8.64. The zero-order chi connectivity index (χ0) is 31.6. The molecule has 6 aromatic rings. The molecule has 0 amide bonds. The average molecular weight is 622 g/mol. The molecule has 0 saturated carbocycles. The third-order valence-electron chi connectivity index (χ3n) is 7.40. The Balaban J connectivity index is 0.000000238. The van der Waals surface area contributed by atoms with Gasteiger partial charge in [-0.3, -0.25) is 9.36 Å². The maximum atomic E-state index is 13.0. The van der Waals surface area contributed by atoms with Crippen LogP contribution in [0, 0.1) is 0 Å². The van der Waals surface area contributed by atoms with E-state index in [9.17, 15) is 9.59 Å². The Bertz CT molecular complexity index is 1900. The van der Waals surface area contributed by atoms with E-state index in [4.69, 9.17) is 4.42 Å². The van der Waals surface area contributed by atoms with Crippen molar-refractivity contribution in [2.24, 2.45) is 0 Å². The molecular formula is C36H39N5O3S. The van der Waals surface area contributed by atoms with Gasteiger partial charge in [0.25, 0.3) is 5.56 Å². The molecule has 0 bridgehead atoms. The fourth-order valence-electron chi connectivity index (χ4n) is 5.33. The fourth-order valence-corrected chi connectivity index (χ4v) is 6.53. The lowest BCUT2D eigenvalue weighted by molar-refractivity contribution is -0.108. The van der Waals surface area contributed by atoms with Crippen molar-refractivity contribution >= 4 is 45.2 Å². The first-order valence-corrected chi connectivity index (χ1v) is 16.1. The number of fused-ring (bicyclic) bond motifs is 4. The second kappa shape index (κ2) is 15.4. The second-order valence-corrected chi connectivity index (χ2v) is 11.6. The summed E-state index contributed by atoms with van der Waals surface area (Å²) < 4.78 is 7.26. The van der Waals surface area contributed by atoms with E-state index in [0.29, 0.717) is 24.3 Å². The summed E-state index contributed by atoms with van der Waals surface area (Å²) in [5.41, 5.74) is 5.04. The van der Waals surface area contributed by atoms with Gasteiger partial charge in [-0.15, -0.1) is 11.3 Å². The Hall–Kier alpha value is -4.57. The van der Waals surface area contributed by atoms with Crippen LogP contribution in [-0.2, 0) is 37.4 Å². The van der Waals surface area contributed by atoms with Crippen LogP contribution in [0.2, 0.25) is 0 Å². The van der Waals surface area contributed by atoms with E-state index in [0.717, 1.165) is 52.7 Å². The number of anilines is 1. The molecule has 3 aromatic heterocycles. The molecule has 0 saturated heterocycles. The second-order valence-electron chi connectivity index (χ2n) is 10.3. The molecule has 0 spiro atoms. The van der Waals surface area contributed by atoms with Gasteiger partial charge in [-0.1, -0.05) is 68.4 Å². The number of benzene rings is 3. The number of carbonyl (C=O) groups is 1. The largest absolute Gasteiger partial charge is 0.456 e. The highest BCUT2D eigenvalue weighted by molar-refractivity contribution is 7.12. The van der Waals surface area contributed by atoms with E-state index in [-0.39, 0.29) is 12.1 Å². The highest BCUT2D eigenvalue weighted by Crippen LogP contribution is 2.29. The Morgan fingerprint density at radius 2 is 1.76 bits per heavy atom. The van der Waals surface area contributed by atoms with Crippen LogP contribution in [0.15, 0.2) is 94.3 Å². The Labute approximate surface area is 267 Å². The van der Waals surface area contributed by atoms with Crippen LogP contribution < -0.4 is 21.5 Å². The SMILES string of the molecule is CC.CNCc1cc2c(s1)CCNC2.O=CCn1c(-c2ccccc2)ncc(NCc2ccc3oc4ccccc4c3c2)c1=O. The lowest BCUT2D eigenvalue weighted by atomic mass is 10.1. The summed E-state index contributed by atoms with van der Waals surface area (Å²) in [6.45, 7) is 7.61. The number of furan rings is 1. The number of rotatable bonds is 8. The van der Waals surface area contributed by atoms with Gasteiger partial charge in [-0.2, -0.15) is 0 Å². The fraction of sp³-hybridized carbons (Fsp3) is 0.250. The molecule has 0 aliphatic carbocycles. The maximum absolute atomic E-state index is 13.0. The molecule has 0 fully saturated rings. The summed E-state index contributed by atoms with van der Waals surface area (Å²) in [5, 5.41) is 11.8. The number of aromatic nitrogens is 2. The summed E-state index contributed by atoms with van der Waals surface area (Å²) in [7, 11) is 2.00. The van der Waals surface area contributed by atoms with Gasteiger partial charge in [0.05, 0.1) is 12.7 Å². The number of para-hydroxylation sites is 1. The summed E-state index contributed by atoms with van der Waals surface area (Å²) in [5.74, 6) is 0.467. The minimum absolute atomic E-state index is 0.0570. The first-order valence-electron chi connectivity index (χ1n) is 15.3. The number of carbonyl (C=O) groups excluding carboxylic acids is 1. The molecular weight excluding hydrogens is 582 g/mol. The molecule has 8 nitrogen and oxygen atoms in total. The molecule has 0 atom stereocenters. The van der Waals surface area contributed by atoms with Crippen molar-refractivity contribution in [2.45, 2.75) is 46.4 Å². The van der Waals surface area contributed by atoms with Crippen molar-refractivity contribution in [3.63, 3.8) is 0 Å². The molecule has 7 rings (SSSR count). The van der Waals surface area contributed by atoms with Crippen LogP contribution in [0.5, 0.6) is 0 Å². The lowest BCUT2D eigenvalue weighted by Gasteiger charge is -2.13. The number of aldehydes is 1. The molecule has 1 aliphatic rings. The van der Waals surface area contributed by atoms with Crippen LogP contribution in [0.25, 0.3) is 33.3 Å². The van der Waals surface area contributed by atoms with Gasteiger partial charge < -0.3 is 25.2 Å². The van der Waals surface area contributed by atoms with Gasteiger partial charge in [-0.25, -0.2) is 4.98 Å². The standard InChI is InChI=1S/C25H19N3O3.C9H14N2S.C2H6/c29-13-12-28-24(18-6-2-1-3-7-18)27-16-21(25(28)30)26-15-17-10-11-23-20(14-17)19-8-4-5-9-22(19)31-23;1-10-6-8-4-7-5-11-3-2-9(7)12-8;1-2/h1-11,13-14,16,26H,12,15H2;4,10-11H,2-3,5-6H2,1H3;1-2H3. The highest BCUT2D eigenvalue weighted by atomic mass is 32.1. The predicted octanol–water partition coefficient (Wildman–Crippen LogP) is 6.76. The van der Waals surface area contributed by atoms with E-state index >= 15 is 0 Å². The van der Waals surface area contributed by atoms with Gasteiger partial charge in [0.1, 0.15) is 29.0 Å². The first kappa shape index (κ1) is 31.8. The highest BCUT2D eigenvalue weighted by Gasteiger charge is 2.13. The molecule has 3 aromatic carbocycles. The van der Waals surface area contributed by atoms with Crippen molar-refractivity contribution in [3.8, 4) is 11.4 Å². The van der Waals surface area contributed by atoms with Gasteiger partial charge in [0.15, 0.2) is 0 Å². The molecule has 0 unspecified atom stereocenters. The predicted molar refractivity (Wildman–Crippen MR) is 185 cm³/mol. The van der Waals surface area contributed by atoms with Crippen LogP contribution >= 0.6 is 11.3 Å². The summed E-state index contributed by atoms with van der Waals surface area (Å²) in [6, 6.07) is 25.5. The molecule has 0 radical (unpaired) electrons. The van der Waals surface area contributed by atoms with E-state index in [2.05, 4.69) is 33.1 Å². The van der Waals surface area contributed by atoms with Gasteiger partial charge >= 0.3 is 0 Å². The van der Waals surface area contributed by atoms with E-state index in [1.165, 1.54) is 27.6 Å². The van der Waals surface area contributed by atoms with Crippen LogP contribution in [0.3, 0.4) is 0 Å². The quantitative estimate of drug-likeness (QED) is 0.162. The summed E-state index contributed by atoms with van der Waals surface area (Å²) in [6.07, 6.45) is 3.44. The summed E-state index contributed by atoms with van der Waals surface area (Å²) >= 11 is 1.96. The minimum Gasteiger partial charge on any atom is -0.456 e. The van der Waals surface area contributed by atoms with Crippen LogP contribution in [0.4, 0.5) is 5.69 Å². The number of hydrogen-bond donors (Lipinski definition) is 3. The van der Waals surface area contributed by atoms with Crippen LogP contribution in [-0.4, -0.2) is 29.4 Å². The van der Waals surface area contributed by atoms with Gasteiger partial charge in [0, 0.05) is 52.3 Å². The lowest BCUT2D eigenvalue weighted by Crippen LogP contribution is -2.26. The van der Waals surface area contributed by atoms with E-state index in [1.807, 2.05) is 99.0 Å². The molecule has 1 aliphatic heterocycles. The van der Waals surface area contributed by atoms with E-state index < -0.39 is 0 Å². The Kier molecular flexibility index (Phi) is 10.9. The van der Waals surface area contributed by atoms with Crippen molar-refractivity contribution in [2.75, 3.05) is 18.9 Å². The van der Waals surface area contributed by atoms with Crippen LogP contribution in [0.1, 0.15) is 34.7 Å². The number of nitrogens with one attached hydrogen (secondary N) is 3. The molecule has 232 valence electrons. The molecule has 45 heavy (non-hydrogen) atoms. The van der Waals surface area contributed by atoms with Crippen molar-refractivity contribution in [3.05, 3.63) is 116 Å². The first-order chi connectivity index (χ1) is 22.1. The Morgan fingerprint density at radius 1 is 0.978 bits per heavy atom. The number of hydrogen-bond acceptors (Lipinski definition) is 8. The summed E-state index contributed by atoms with van der Waals surface area (Å²) in [4.78, 5) is 31.7. The van der Waals surface area contributed by atoms with Crippen molar-refractivity contribution < 1.29 is 9.21 Å². The third kappa shape index (κ3) is 7.39. The zero-order valence-corrected chi connectivity index (χ0v) is 26.7. The smallest absolute Gasteiger partial charge is 0.277 e. The molecule has 3 N–H and O–H groups in total. The van der Waals surface area contributed by atoms with Gasteiger partial charge in [-0.05, 0) is 48.9 Å². The molecule has 9 heteroatoms. The normalized spacial score (nSPS) is 12.1. The number of thiophene rings is 1. The average Bonchev–Trinajstić information content (AvgIpc) is 3.67. The van der Waals surface area contributed by atoms with Crippen molar-refractivity contribution in [1.29, 1.82) is 0 Å². The van der Waals surface area contributed by atoms with Gasteiger partial charge in [0.2, 0.25) is 0 Å². The van der Waals surface area contributed by atoms with E-state index in [1.54, 1.807) is 4.88 Å². The monoisotopic (exact) mass is 621 g/mol. The zero-order valence-electron chi connectivity index (χ0n) is 25.9. The number of nitrogens with zero attached hydrogens (tertiary/aromatic N) is 2. The topological polar surface area (TPSA) is 101 Å². The van der Waals surface area contributed by atoms with Crippen molar-refractivity contribution in [1.82, 2.24) is 20.2 Å². The molecule has 4 heterocycles.